The number of sulfonamides is 1. The van der Waals surface area contributed by atoms with E-state index in [2.05, 4.69) is 33.0 Å². The van der Waals surface area contributed by atoms with Gasteiger partial charge in [-0.05, 0) is 62.5 Å². The number of benzene rings is 3. The monoisotopic (exact) mass is 596 g/mol. The molecule has 0 aliphatic heterocycles. The number of carbonyl (C=O) groups is 3. The highest BCUT2D eigenvalue weighted by Crippen LogP contribution is 2.28. The third kappa shape index (κ3) is 8.09. The summed E-state index contributed by atoms with van der Waals surface area (Å²) in [4.78, 5) is 41.7. The third-order valence-electron chi connectivity index (χ3n) is 5.67. The first-order valence-corrected chi connectivity index (χ1v) is 14.9. The first-order chi connectivity index (χ1) is 19.0. The summed E-state index contributed by atoms with van der Waals surface area (Å²) < 4.78 is 28.6. The van der Waals surface area contributed by atoms with Crippen molar-refractivity contribution in [1.29, 1.82) is 0 Å². The number of nitrogens with zero attached hydrogens (tertiary/aromatic N) is 2. The molecule has 0 aliphatic rings. The number of hydrogen-bond acceptors (Lipinski definition) is 8. The van der Waals surface area contributed by atoms with Crippen LogP contribution in [0.25, 0.3) is 0 Å². The molecule has 3 aromatic rings. The standard InChI is InChI=1S/C28H28N4O5S3/c1-19-9-15-25(16-10-19)40(36,37)32(24-13-11-23(12-14-24)30-18-38)20(2)27(34)29-17-26(31-21(3)33)39-28(35)22-7-5-4-6-8-22/h4-16,20,26H,17H2,1-3H3,(H,29,34)(H,31,33)/t20-,26?/m0/s1. The molecule has 2 amide bonds. The Hall–Kier alpha value is -3.83. The molecule has 40 heavy (non-hydrogen) atoms. The van der Waals surface area contributed by atoms with Crippen molar-refractivity contribution in [2.24, 2.45) is 4.99 Å². The quantitative estimate of drug-likeness (QED) is 0.190. The Balaban J connectivity index is 1.86. The number of hydrogen-bond donors (Lipinski definition) is 2. The zero-order valence-electron chi connectivity index (χ0n) is 22.0. The molecule has 208 valence electrons. The van der Waals surface area contributed by atoms with Gasteiger partial charge in [0.25, 0.3) is 10.0 Å². The Bertz CT molecular complexity index is 1510. The van der Waals surface area contributed by atoms with Gasteiger partial charge in [0.1, 0.15) is 6.04 Å². The lowest BCUT2D eigenvalue weighted by Crippen LogP contribution is -2.50. The second-order valence-electron chi connectivity index (χ2n) is 8.72. The number of carbonyl (C=O) groups excluding carboxylic acids is 3. The van der Waals surface area contributed by atoms with Gasteiger partial charge in [-0.25, -0.2) is 8.42 Å². The molecule has 0 heterocycles. The minimum atomic E-state index is -4.18. The number of aliphatic imine (C=N–C) groups is 1. The fourth-order valence-electron chi connectivity index (χ4n) is 3.69. The van der Waals surface area contributed by atoms with E-state index in [0.717, 1.165) is 21.6 Å². The van der Waals surface area contributed by atoms with Crippen molar-refractivity contribution in [3.05, 3.63) is 90.0 Å². The molecule has 2 atom stereocenters. The number of isothiocyanates is 1. The van der Waals surface area contributed by atoms with Crippen LogP contribution in [0.15, 0.2) is 88.8 Å². The fourth-order valence-corrected chi connectivity index (χ4v) is 6.33. The molecule has 9 nitrogen and oxygen atoms in total. The topological polar surface area (TPSA) is 125 Å². The SMILES string of the molecule is CC(=O)NC(CNC(=O)[C@H](C)N(c1ccc(N=C=S)cc1)S(=O)(=O)c1ccc(C)cc1)SC(=O)c1ccccc1. The molecule has 3 aromatic carbocycles. The van der Waals surface area contributed by atoms with Gasteiger partial charge in [-0.2, -0.15) is 4.99 Å². The van der Waals surface area contributed by atoms with E-state index in [9.17, 15) is 22.8 Å². The average Bonchev–Trinajstić information content (AvgIpc) is 2.93. The van der Waals surface area contributed by atoms with Gasteiger partial charge in [-0.3, -0.25) is 18.7 Å². The van der Waals surface area contributed by atoms with Crippen molar-refractivity contribution >= 4 is 67.5 Å². The van der Waals surface area contributed by atoms with Gasteiger partial charge in [-0.1, -0.05) is 59.8 Å². The van der Waals surface area contributed by atoms with E-state index in [1.807, 2.05) is 6.92 Å². The largest absolute Gasteiger partial charge is 0.351 e. The van der Waals surface area contributed by atoms with Gasteiger partial charge in [0.05, 0.1) is 26.8 Å². The highest BCUT2D eigenvalue weighted by molar-refractivity contribution is 8.14. The van der Waals surface area contributed by atoms with Crippen LogP contribution >= 0.6 is 24.0 Å². The molecule has 12 heteroatoms. The van der Waals surface area contributed by atoms with E-state index in [-0.39, 0.29) is 28.2 Å². The maximum absolute atomic E-state index is 13.8. The van der Waals surface area contributed by atoms with E-state index >= 15 is 0 Å². The van der Waals surface area contributed by atoms with Crippen molar-refractivity contribution in [3.8, 4) is 0 Å². The first-order valence-electron chi connectivity index (χ1n) is 12.1. The lowest BCUT2D eigenvalue weighted by molar-refractivity contribution is -0.122. The number of anilines is 1. The van der Waals surface area contributed by atoms with Gasteiger partial charge in [0, 0.05) is 19.0 Å². The molecular formula is C28H28N4O5S3. The number of aryl methyl sites for hydroxylation is 1. The molecule has 0 saturated carbocycles. The summed E-state index contributed by atoms with van der Waals surface area (Å²) in [5, 5.41) is 6.52. The fraction of sp³-hybridized carbons (Fsp3) is 0.214. The Morgan fingerprint density at radius 2 is 1.62 bits per heavy atom. The Labute approximate surface area is 243 Å². The van der Waals surface area contributed by atoms with E-state index in [4.69, 9.17) is 0 Å². The minimum absolute atomic E-state index is 0.0128. The van der Waals surface area contributed by atoms with Gasteiger partial charge < -0.3 is 10.6 Å². The second kappa shape index (κ2) is 14.0. The van der Waals surface area contributed by atoms with Crippen LogP contribution in [-0.4, -0.2) is 48.5 Å². The zero-order chi connectivity index (χ0) is 29.3. The summed E-state index contributed by atoms with van der Waals surface area (Å²) in [6, 6.07) is 19.8. The average molecular weight is 597 g/mol. The Kier molecular flexibility index (Phi) is 10.7. The van der Waals surface area contributed by atoms with Crippen LogP contribution in [0.5, 0.6) is 0 Å². The second-order valence-corrected chi connectivity index (χ2v) is 11.9. The van der Waals surface area contributed by atoms with E-state index in [1.54, 1.807) is 54.6 Å². The highest BCUT2D eigenvalue weighted by Gasteiger charge is 2.34. The number of rotatable bonds is 11. The van der Waals surface area contributed by atoms with Crippen molar-refractivity contribution in [1.82, 2.24) is 10.6 Å². The molecule has 3 rings (SSSR count). The van der Waals surface area contributed by atoms with Gasteiger partial charge in [0.2, 0.25) is 16.9 Å². The molecule has 0 fully saturated rings. The number of nitrogens with one attached hydrogen (secondary N) is 2. The van der Waals surface area contributed by atoms with Crippen LogP contribution in [0, 0.1) is 6.92 Å². The van der Waals surface area contributed by atoms with Crippen molar-refractivity contribution < 1.29 is 22.8 Å². The Morgan fingerprint density at radius 1 is 1.00 bits per heavy atom. The van der Waals surface area contributed by atoms with Crippen molar-refractivity contribution in [3.63, 3.8) is 0 Å². The summed E-state index contributed by atoms with van der Waals surface area (Å²) in [5.74, 6) is -1.01. The maximum Gasteiger partial charge on any atom is 0.265 e. The molecule has 2 N–H and O–H groups in total. The molecule has 1 unspecified atom stereocenters. The number of thiocarbonyl (C=S) groups is 1. The lowest BCUT2D eigenvalue weighted by atomic mass is 10.2. The molecule has 0 aromatic heterocycles. The summed E-state index contributed by atoms with van der Waals surface area (Å²) in [7, 11) is -4.18. The summed E-state index contributed by atoms with van der Waals surface area (Å²) >= 11 is 5.49. The molecule has 0 bridgehead atoms. The third-order valence-corrected chi connectivity index (χ3v) is 8.70. The summed E-state index contributed by atoms with van der Waals surface area (Å²) in [5.41, 5.74) is 2.03. The molecular weight excluding hydrogens is 569 g/mol. The predicted octanol–water partition coefficient (Wildman–Crippen LogP) is 4.47. The van der Waals surface area contributed by atoms with Crippen LogP contribution in [-0.2, 0) is 19.6 Å². The van der Waals surface area contributed by atoms with E-state index in [0.29, 0.717) is 11.3 Å². The molecule has 0 radical (unpaired) electrons. The van der Waals surface area contributed by atoms with Crippen molar-refractivity contribution in [2.45, 2.75) is 37.1 Å². The van der Waals surface area contributed by atoms with Gasteiger partial charge in [-0.15, -0.1) is 0 Å². The summed E-state index contributed by atoms with van der Waals surface area (Å²) in [6.07, 6.45) is 0. The first kappa shape index (κ1) is 30.7. The molecule has 0 aliphatic carbocycles. The van der Waals surface area contributed by atoms with E-state index < -0.39 is 27.3 Å². The highest BCUT2D eigenvalue weighted by atomic mass is 32.2. The van der Waals surface area contributed by atoms with Gasteiger partial charge >= 0.3 is 0 Å². The number of thioether (sulfide) groups is 1. The van der Waals surface area contributed by atoms with Crippen LogP contribution < -0.4 is 14.9 Å². The van der Waals surface area contributed by atoms with Crippen LogP contribution in [0.1, 0.15) is 29.8 Å². The van der Waals surface area contributed by atoms with Crippen LogP contribution in [0.3, 0.4) is 0 Å². The zero-order valence-corrected chi connectivity index (χ0v) is 24.5. The minimum Gasteiger partial charge on any atom is -0.351 e. The van der Waals surface area contributed by atoms with E-state index in [1.165, 1.54) is 38.1 Å². The Morgan fingerprint density at radius 3 is 2.20 bits per heavy atom. The normalized spacial score (nSPS) is 12.4. The van der Waals surface area contributed by atoms with Crippen LogP contribution in [0.4, 0.5) is 11.4 Å². The predicted molar refractivity (Wildman–Crippen MR) is 160 cm³/mol. The molecule has 0 spiro atoms. The maximum atomic E-state index is 13.8. The lowest BCUT2D eigenvalue weighted by Gasteiger charge is -2.30. The summed E-state index contributed by atoms with van der Waals surface area (Å²) in [6.45, 7) is 4.48. The smallest absolute Gasteiger partial charge is 0.265 e. The van der Waals surface area contributed by atoms with Crippen LogP contribution in [0.2, 0.25) is 0 Å². The van der Waals surface area contributed by atoms with Crippen molar-refractivity contribution in [2.75, 3.05) is 10.8 Å². The van der Waals surface area contributed by atoms with Gasteiger partial charge in [0.15, 0.2) is 0 Å². The molecule has 0 saturated heterocycles. The number of amides is 2.